The fraction of sp³-hybridized carbons (Fsp3) is 0.296. The van der Waals surface area contributed by atoms with E-state index in [1.165, 1.54) is 12.1 Å². The number of halogens is 1. The number of nitrogens with one attached hydrogen (secondary N) is 2. The summed E-state index contributed by atoms with van der Waals surface area (Å²) in [6.07, 6.45) is 2.57. The van der Waals surface area contributed by atoms with Crippen molar-refractivity contribution in [3.05, 3.63) is 88.9 Å². The second-order valence-electron chi connectivity index (χ2n) is 9.31. The molecule has 0 saturated carbocycles. The Morgan fingerprint density at radius 2 is 1.69 bits per heavy atom. The smallest absolute Gasteiger partial charge is 0.321 e. The van der Waals surface area contributed by atoms with Crippen LogP contribution in [0.15, 0.2) is 77.7 Å². The summed E-state index contributed by atoms with van der Waals surface area (Å²) >= 11 is 6.26. The molecule has 7 nitrogen and oxygen atoms in total. The van der Waals surface area contributed by atoms with E-state index < -0.39 is 10.0 Å². The first-order valence-corrected chi connectivity index (χ1v) is 14.0. The Labute approximate surface area is 217 Å². The monoisotopic (exact) mass is 524 g/mol. The SMILES string of the molecule is O=C(Nc1ccc(S(=O)(=O)NC2Cc3cc(Cl)ccc3N(Cc3ccccc3)C2)cc1)N1CCCC1. The molecule has 9 heteroatoms. The lowest BCUT2D eigenvalue weighted by atomic mass is 9.98. The Morgan fingerprint density at radius 3 is 2.42 bits per heavy atom. The molecule has 2 amide bonds. The van der Waals surface area contributed by atoms with Crippen LogP contribution in [-0.2, 0) is 23.0 Å². The van der Waals surface area contributed by atoms with E-state index in [9.17, 15) is 13.2 Å². The molecule has 5 rings (SSSR count). The summed E-state index contributed by atoms with van der Waals surface area (Å²) in [6, 6.07) is 21.7. The number of sulfonamides is 1. The van der Waals surface area contributed by atoms with Crippen molar-refractivity contribution in [2.45, 2.75) is 36.7 Å². The number of carbonyl (C=O) groups is 1. The van der Waals surface area contributed by atoms with Crippen LogP contribution in [0.3, 0.4) is 0 Å². The van der Waals surface area contributed by atoms with Gasteiger partial charge in [-0.05, 0) is 72.9 Å². The molecule has 2 aliphatic rings. The van der Waals surface area contributed by atoms with Crippen molar-refractivity contribution < 1.29 is 13.2 Å². The predicted molar refractivity (Wildman–Crippen MR) is 143 cm³/mol. The quantitative estimate of drug-likeness (QED) is 0.481. The van der Waals surface area contributed by atoms with Gasteiger partial charge in [-0.25, -0.2) is 17.9 Å². The Morgan fingerprint density at radius 1 is 0.972 bits per heavy atom. The number of amides is 2. The van der Waals surface area contributed by atoms with Crippen molar-refractivity contribution in [2.75, 3.05) is 29.9 Å². The van der Waals surface area contributed by atoms with Gasteiger partial charge in [0.1, 0.15) is 0 Å². The molecule has 0 aliphatic carbocycles. The zero-order valence-corrected chi connectivity index (χ0v) is 21.4. The third-order valence-electron chi connectivity index (χ3n) is 6.64. The lowest BCUT2D eigenvalue weighted by Crippen LogP contribution is -2.48. The van der Waals surface area contributed by atoms with Crippen LogP contribution in [0.25, 0.3) is 0 Å². The average Bonchev–Trinajstić information content (AvgIpc) is 3.40. The van der Waals surface area contributed by atoms with E-state index in [-0.39, 0.29) is 17.0 Å². The molecule has 1 unspecified atom stereocenters. The number of nitrogens with zero attached hydrogens (tertiary/aromatic N) is 2. The molecule has 1 atom stereocenters. The third kappa shape index (κ3) is 5.67. The van der Waals surface area contributed by atoms with Gasteiger partial charge in [0, 0.05) is 48.6 Å². The number of rotatable bonds is 6. The minimum Gasteiger partial charge on any atom is -0.365 e. The van der Waals surface area contributed by atoms with Crippen molar-refractivity contribution >= 4 is 39.0 Å². The summed E-state index contributed by atoms with van der Waals surface area (Å²) < 4.78 is 29.4. The molecule has 0 aromatic heterocycles. The number of carbonyl (C=O) groups excluding carboxylic acids is 1. The van der Waals surface area contributed by atoms with Crippen LogP contribution < -0.4 is 14.9 Å². The molecular formula is C27H29ClN4O3S. The van der Waals surface area contributed by atoms with E-state index in [0.717, 1.165) is 42.7 Å². The molecule has 3 aromatic carbocycles. The van der Waals surface area contributed by atoms with E-state index >= 15 is 0 Å². The normalized spacial score (nSPS) is 17.6. The Bertz CT molecular complexity index is 1330. The van der Waals surface area contributed by atoms with Crippen molar-refractivity contribution in [1.82, 2.24) is 9.62 Å². The summed E-state index contributed by atoms with van der Waals surface area (Å²) in [4.78, 5) is 16.4. The molecule has 36 heavy (non-hydrogen) atoms. The Hall–Kier alpha value is -3.07. The lowest BCUT2D eigenvalue weighted by Gasteiger charge is -2.36. The molecule has 2 aliphatic heterocycles. The Balaban J connectivity index is 1.30. The molecule has 188 valence electrons. The maximum Gasteiger partial charge on any atom is 0.321 e. The number of urea groups is 1. The van der Waals surface area contributed by atoms with Gasteiger partial charge in [-0.3, -0.25) is 0 Å². The second-order valence-corrected chi connectivity index (χ2v) is 11.5. The minimum absolute atomic E-state index is 0.153. The fourth-order valence-corrected chi connectivity index (χ4v) is 6.30. The van der Waals surface area contributed by atoms with Crippen LogP contribution in [-0.4, -0.2) is 45.0 Å². The van der Waals surface area contributed by atoms with Gasteiger partial charge in [-0.1, -0.05) is 41.9 Å². The van der Waals surface area contributed by atoms with Gasteiger partial charge in [-0.15, -0.1) is 0 Å². The number of hydrogen-bond acceptors (Lipinski definition) is 4. The lowest BCUT2D eigenvalue weighted by molar-refractivity contribution is 0.222. The molecule has 2 N–H and O–H groups in total. The fourth-order valence-electron chi connectivity index (χ4n) is 4.88. The average molecular weight is 525 g/mol. The molecule has 1 fully saturated rings. The highest BCUT2D eigenvalue weighted by atomic mass is 35.5. The van der Waals surface area contributed by atoms with Crippen LogP contribution in [0.5, 0.6) is 0 Å². The van der Waals surface area contributed by atoms with Crippen molar-refractivity contribution in [2.24, 2.45) is 0 Å². The zero-order chi connectivity index (χ0) is 25.1. The van der Waals surface area contributed by atoms with Gasteiger partial charge in [0.15, 0.2) is 0 Å². The highest BCUT2D eigenvalue weighted by Crippen LogP contribution is 2.31. The van der Waals surface area contributed by atoms with Gasteiger partial charge < -0.3 is 15.1 Å². The van der Waals surface area contributed by atoms with E-state index in [2.05, 4.69) is 27.1 Å². The number of likely N-dealkylation sites (tertiary alicyclic amines) is 1. The summed E-state index contributed by atoms with van der Waals surface area (Å²) in [6.45, 7) is 2.70. The predicted octanol–water partition coefficient (Wildman–Crippen LogP) is 4.88. The van der Waals surface area contributed by atoms with Crippen LogP contribution in [0.4, 0.5) is 16.2 Å². The number of anilines is 2. The van der Waals surface area contributed by atoms with Crippen molar-refractivity contribution in [1.29, 1.82) is 0 Å². The summed E-state index contributed by atoms with van der Waals surface area (Å²) in [5, 5.41) is 3.47. The maximum absolute atomic E-state index is 13.2. The molecule has 0 spiro atoms. The van der Waals surface area contributed by atoms with Crippen molar-refractivity contribution in [3.63, 3.8) is 0 Å². The van der Waals surface area contributed by atoms with Gasteiger partial charge >= 0.3 is 6.03 Å². The van der Waals surface area contributed by atoms with Crippen molar-refractivity contribution in [3.8, 4) is 0 Å². The number of hydrogen-bond donors (Lipinski definition) is 2. The molecule has 3 aromatic rings. The van der Waals surface area contributed by atoms with Crippen LogP contribution in [0.2, 0.25) is 5.02 Å². The first-order valence-electron chi connectivity index (χ1n) is 12.1. The van der Waals surface area contributed by atoms with Gasteiger partial charge in [-0.2, -0.15) is 0 Å². The van der Waals surface area contributed by atoms with Crippen LogP contribution >= 0.6 is 11.6 Å². The van der Waals surface area contributed by atoms with E-state index in [1.54, 1.807) is 17.0 Å². The summed E-state index contributed by atoms with van der Waals surface area (Å²) in [5.74, 6) is 0. The highest BCUT2D eigenvalue weighted by Gasteiger charge is 2.29. The topological polar surface area (TPSA) is 81.7 Å². The number of benzene rings is 3. The second kappa shape index (κ2) is 10.5. The van der Waals surface area contributed by atoms with Crippen LogP contribution in [0.1, 0.15) is 24.0 Å². The van der Waals surface area contributed by atoms with E-state index in [1.807, 2.05) is 36.4 Å². The summed E-state index contributed by atoms with van der Waals surface area (Å²) in [5.41, 5.74) is 3.80. The first-order chi connectivity index (χ1) is 17.4. The minimum atomic E-state index is -3.76. The van der Waals surface area contributed by atoms with Crippen LogP contribution in [0, 0.1) is 0 Å². The first kappa shape index (κ1) is 24.6. The van der Waals surface area contributed by atoms with Gasteiger partial charge in [0.05, 0.1) is 4.90 Å². The third-order valence-corrected chi connectivity index (χ3v) is 8.41. The summed E-state index contributed by atoms with van der Waals surface area (Å²) in [7, 11) is -3.76. The van der Waals surface area contributed by atoms with Gasteiger partial charge in [0.25, 0.3) is 0 Å². The standard InChI is InChI=1S/C27H29ClN4O3S/c28-22-8-13-26-21(16-22)17-24(19-32(26)18-20-6-2-1-3-7-20)30-36(34,35)25-11-9-23(10-12-25)29-27(33)31-14-4-5-15-31/h1-3,6-13,16,24,30H,4-5,14-15,17-19H2,(H,29,33). The molecular weight excluding hydrogens is 496 g/mol. The highest BCUT2D eigenvalue weighted by molar-refractivity contribution is 7.89. The molecule has 1 saturated heterocycles. The van der Waals surface area contributed by atoms with Gasteiger partial charge in [0.2, 0.25) is 10.0 Å². The Kier molecular flexibility index (Phi) is 7.18. The van der Waals surface area contributed by atoms with E-state index in [0.29, 0.717) is 30.2 Å². The molecule has 2 heterocycles. The molecule has 0 bridgehead atoms. The largest absolute Gasteiger partial charge is 0.365 e. The number of fused-ring (bicyclic) bond motifs is 1. The maximum atomic E-state index is 13.2. The van der Waals surface area contributed by atoms with E-state index in [4.69, 9.17) is 11.6 Å². The molecule has 0 radical (unpaired) electrons. The zero-order valence-electron chi connectivity index (χ0n) is 19.9.